The number of carbonyl (C=O) groups is 3. The molecule has 1 atom stereocenters. The van der Waals surface area contributed by atoms with Crippen LogP contribution in [0.1, 0.15) is 75.0 Å². The molecule has 10 heteroatoms. The summed E-state index contributed by atoms with van der Waals surface area (Å²) >= 11 is 0.819. The standard InChI is InChI=1S/C33H34FN5O3S/c1-21-12-18-26(19-13-21)39(33(42)30-27(35)28(38-43-30)31(40)37-25-10-6-3-7-11-25)29(23-14-16-24(34)17-15-23)32(41)36-20-22-8-4-2-5-9-22/h2,4-5,8-9,12-19,25,29H,3,6-7,10-11,20,35H2,1H3,(H,36,41)(H,37,40)/t29-/m1/s1. The second kappa shape index (κ2) is 13.6. The van der Waals surface area contributed by atoms with E-state index in [2.05, 4.69) is 15.0 Å². The molecule has 0 unspecified atom stereocenters. The van der Waals surface area contributed by atoms with Crippen molar-refractivity contribution in [3.8, 4) is 0 Å². The molecule has 1 aliphatic rings. The topological polar surface area (TPSA) is 117 Å². The number of carbonyl (C=O) groups excluding carboxylic acids is 3. The number of halogens is 1. The van der Waals surface area contributed by atoms with Gasteiger partial charge in [-0.1, -0.05) is 79.4 Å². The summed E-state index contributed by atoms with van der Waals surface area (Å²) in [6.07, 6.45) is 5.01. The van der Waals surface area contributed by atoms with Crippen molar-refractivity contribution < 1.29 is 18.8 Å². The number of nitrogens with one attached hydrogen (secondary N) is 2. The number of nitrogen functional groups attached to an aromatic ring is 1. The molecule has 0 saturated heterocycles. The highest BCUT2D eigenvalue weighted by atomic mass is 32.1. The van der Waals surface area contributed by atoms with Crippen molar-refractivity contribution in [1.29, 1.82) is 0 Å². The van der Waals surface area contributed by atoms with E-state index in [1.54, 1.807) is 12.1 Å². The number of nitrogens with two attached hydrogens (primary N) is 1. The van der Waals surface area contributed by atoms with Crippen molar-refractivity contribution in [3.05, 3.63) is 112 Å². The molecule has 222 valence electrons. The molecular formula is C33H34FN5O3S. The number of aryl methyl sites for hydroxylation is 1. The Balaban J connectivity index is 1.52. The molecule has 3 amide bonds. The summed E-state index contributed by atoms with van der Waals surface area (Å²) in [6, 6.07) is 20.9. The van der Waals surface area contributed by atoms with Gasteiger partial charge in [0.15, 0.2) is 5.69 Å². The molecule has 5 rings (SSSR count). The molecule has 1 saturated carbocycles. The van der Waals surface area contributed by atoms with E-state index in [4.69, 9.17) is 5.73 Å². The highest BCUT2D eigenvalue weighted by Crippen LogP contribution is 2.34. The first-order chi connectivity index (χ1) is 20.8. The number of rotatable bonds is 9. The van der Waals surface area contributed by atoms with Gasteiger partial charge < -0.3 is 16.4 Å². The van der Waals surface area contributed by atoms with Crippen LogP contribution in [0.25, 0.3) is 0 Å². The lowest BCUT2D eigenvalue weighted by atomic mass is 9.95. The Bertz CT molecular complexity index is 1570. The van der Waals surface area contributed by atoms with E-state index in [0.29, 0.717) is 11.3 Å². The Hall–Kier alpha value is -4.57. The molecule has 1 aromatic heterocycles. The second-order valence-corrected chi connectivity index (χ2v) is 11.5. The Morgan fingerprint density at radius 3 is 2.33 bits per heavy atom. The van der Waals surface area contributed by atoms with Gasteiger partial charge in [-0.15, -0.1) is 0 Å². The Morgan fingerprint density at radius 2 is 1.65 bits per heavy atom. The van der Waals surface area contributed by atoms with Crippen LogP contribution in [0.5, 0.6) is 0 Å². The van der Waals surface area contributed by atoms with Crippen molar-refractivity contribution >= 4 is 40.6 Å². The van der Waals surface area contributed by atoms with E-state index in [0.717, 1.165) is 54.8 Å². The number of amides is 3. The first kappa shape index (κ1) is 29.9. The van der Waals surface area contributed by atoms with E-state index >= 15 is 0 Å². The smallest absolute Gasteiger partial charge is 0.273 e. The van der Waals surface area contributed by atoms with E-state index in [-0.39, 0.29) is 28.8 Å². The number of benzene rings is 3. The zero-order valence-electron chi connectivity index (χ0n) is 23.9. The summed E-state index contributed by atoms with van der Waals surface area (Å²) in [5.41, 5.74) is 9.04. The fourth-order valence-corrected chi connectivity index (χ4v) is 5.99. The molecule has 1 aliphatic carbocycles. The van der Waals surface area contributed by atoms with Crippen molar-refractivity contribution in [1.82, 2.24) is 15.0 Å². The first-order valence-electron chi connectivity index (χ1n) is 14.3. The lowest BCUT2D eigenvalue weighted by Gasteiger charge is -2.31. The van der Waals surface area contributed by atoms with Crippen LogP contribution in [0, 0.1) is 12.7 Å². The van der Waals surface area contributed by atoms with Crippen LogP contribution in [-0.2, 0) is 11.3 Å². The largest absolute Gasteiger partial charge is 0.395 e. The minimum absolute atomic E-state index is 0.00496. The van der Waals surface area contributed by atoms with Gasteiger partial charge in [-0.25, -0.2) is 4.39 Å². The van der Waals surface area contributed by atoms with Crippen LogP contribution in [-0.4, -0.2) is 28.1 Å². The zero-order valence-corrected chi connectivity index (χ0v) is 24.7. The number of anilines is 2. The summed E-state index contributed by atoms with van der Waals surface area (Å²) in [6.45, 7) is 2.14. The maximum absolute atomic E-state index is 14.4. The predicted octanol–water partition coefficient (Wildman–Crippen LogP) is 5.94. The third kappa shape index (κ3) is 7.09. The Morgan fingerprint density at radius 1 is 0.977 bits per heavy atom. The van der Waals surface area contributed by atoms with E-state index in [9.17, 15) is 18.8 Å². The fraction of sp³-hybridized carbons (Fsp3) is 0.273. The van der Waals surface area contributed by atoms with Crippen molar-refractivity contribution in [2.75, 3.05) is 10.6 Å². The van der Waals surface area contributed by atoms with E-state index < -0.39 is 29.6 Å². The van der Waals surface area contributed by atoms with Gasteiger partial charge in [0.05, 0.1) is 5.69 Å². The Kier molecular flexibility index (Phi) is 9.46. The van der Waals surface area contributed by atoms with Gasteiger partial charge in [0.25, 0.3) is 11.8 Å². The third-order valence-electron chi connectivity index (χ3n) is 7.61. The van der Waals surface area contributed by atoms with E-state index in [1.165, 1.54) is 29.2 Å². The molecule has 1 heterocycles. The lowest BCUT2D eigenvalue weighted by Crippen LogP contribution is -2.44. The summed E-state index contributed by atoms with van der Waals surface area (Å²) in [7, 11) is 0. The molecule has 0 radical (unpaired) electrons. The van der Waals surface area contributed by atoms with Crippen molar-refractivity contribution in [2.45, 2.75) is 57.7 Å². The average molecular weight is 600 g/mol. The maximum atomic E-state index is 14.4. The number of hydrogen-bond donors (Lipinski definition) is 3. The first-order valence-corrected chi connectivity index (χ1v) is 15.1. The average Bonchev–Trinajstić information content (AvgIpc) is 3.42. The van der Waals surface area contributed by atoms with Gasteiger partial charge >= 0.3 is 0 Å². The van der Waals surface area contributed by atoms with Crippen LogP contribution in [0.2, 0.25) is 0 Å². The van der Waals surface area contributed by atoms with Crippen LogP contribution >= 0.6 is 11.5 Å². The van der Waals surface area contributed by atoms with Crippen LogP contribution in [0.15, 0.2) is 78.9 Å². The third-order valence-corrected chi connectivity index (χ3v) is 8.46. The molecule has 8 nitrogen and oxygen atoms in total. The molecule has 0 bridgehead atoms. The number of nitrogens with zero attached hydrogens (tertiary/aromatic N) is 2. The lowest BCUT2D eigenvalue weighted by molar-refractivity contribution is -0.122. The molecule has 3 aromatic carbocycles. The summed E-state index contributed by atoms with van der Waals surface area (Å²) < 4.78 is 18.2. The zero-order chi connectivity index (χ0) is 30.3. The minimum atomic E-state index is -1.18. The quantitative estimate of drug-likeness (QED) is 0.220. The van der Waals surface area contributed by atoms with Crippen molar-refractivity contribution in [3.63, 3.8) is 0 Å². The number of hydrogen-bond acceptors (Lipinski definition) is 6. The molecule has 0 spiro atoms. The predicted molar refractivity (Wildman–Crippen MR) is 166 cm³/mol. The van der Waals surface area contributed by atoms with Crippen LogP contribution in [0.3, 0.4) is 0 Å². The molecule has 0 aliphatic heterocycles. The molecule has 43 heavy (non-hydrogen) atoms. The summed E-state index contributed by atoms with van der Waals surface area (Å²) in [5.74, 6) is -1.96. The number of aromatic nitrogens is 1. The fourth-order valence-electron chi connectivity index (χ4n) is 5.26. The van der Waals surface area contributed by atoms with E-state index in [1.807, 2.05) is 49.4 Å². The molecule has 4 N–H and O–H groups in total. The molecule has 1 fully saturated rings. The SMILES string of the molecule is Cc1ccc(N(C(=O)c2snc(C(=O)NC3CCCCC3)c2N)[C@@H](C(=O)NCc2ccccc2)c2ccc(F)cc2)cc1. The van der Waals surface area contributed by atoms with Gasteiger partial charge in [0, 0.05) is 18.3 Å². The van der Waals surface area contributed by atoms with Gasteiger partial charge in [-0.05, 0) is 66.7 Å². The second-order valence-electron chi connectivity index (χ2n) is 10.8. The summed E-state index contributed by atoms with van der Waals surface area (Å²) in [5, 5.41) is 5.93. The van der Waals surface area contributed by atoms with Gasteiger partial charge in [-0.2, -0.15) is 4.37 Å². The summed E-state index contributed by atoms with van der Waals surface area (Å²) in [4.78, 5) is 42.8. The Labute approximate surface area is 254 Å². The normalized spacial score (nSPS) is 14.1. The molecule has 4 aromatic rings. The van der Waals surface area contributed by atoms with Gasteiger partial charge in [0.1, 0.15) is 16.7 Å². The maximum Gasteiger partial charge on any atom is 0.273 e. The molecular weight excluding hydrogens is 565 g/mol. The van der Waals surface area contributed by atoms with Gasteiger partial charge in [-0.3, -0.25) is 19.3 Å². The monoisotopic (exact) mass is 599 g/mol. The highest BCUT2D eigenvalue weighted by Gasteiger charge is 2.36. The van der Waals surface area contributed by atoms with Gasteiger partial charge in [0.2, 0.25) is 5.91 Å². The minimum Gasteiger partial charge on any atom is -0.395 e. The highest BCUT2D eigenvalue weighted by molar-refractivity contribution is 7.09. The van der Waals surface area contributed by atoms with Crippen LogP contribution < -0.4 is 21.3 Å². The van der Waals surface area contributed by atoms with Crippen LogP contribution in [0.4, 0.5) is 15.8 Å². The van der Waals surface area contributed by atoms with Crippen molar-refractivity contribution in [2.24, 2.45) is 0 Å².